The van der Waals surface area contributed by atoms with Crippen molar-refractivity contribution in [3.05, 3.63) is 40.0 Å². The minimum atomic E-state index is -4.60. The van der Waals surface area contributed by atoms with E-state index in [1.165, 1.54) is 0 Å². The molecule has 29 heavy (non-hydrogen) atoms. The molecule has 0 aliphatic rings. The summed E-state index contributed by atoms with van der Waals surface area (Å²) in [6.07, 6.45) is -4.09. The summed E-state index contributed by atoms with van der Waals surface area (Å²) in [5, 5.41) is 0.730. The van der Waals surface area contributed by atoms with Gasteiger partial charge in [-0.15, -0.1) is 0 Å². The van der Waals surface area contributed by atoms with Gasteiger partial charge in [0, 0.05) is 21.6 Å². The summed E-state index contributed by atoms with van der Waals surface area (Å²) in [6, 6.07) is 5.32. The number of carbonyl (C=O) groups is 1. The molecule has 0 spiro atoms. The Bertz CT molecular complexity index is 904. The normalized spacial score (nSPS) is 14.1. The molecule has 0 amide bonds. The molecule has 1 aromatic heterocycles. The van der Waals surface area contributed by atoms with E-state index < -0.39 is 29.3 Å². The average molecular weight is 476 g/mol. The van der Waals surface area contributed by atoms with Crippen molar-refractivity contribution in [2.24, 2.45) is 5.41 Å². The van der Waals surface area contributed by atoms with Crippen molar-refractivity contribution in [3.63, 3.8) is 0 Å². The third-order valence-electron chi connectivity index (χ3n) is 4.51. The molecule has 1 heterocycles. The van der Waals surface area contributed by atoms with Crippen molar-refractivity contribution < 1.29 is 27.4 Å². The van der Waals surface area contributed by atoms with Crippen LogP contribution in [0.1, 0.15) is 51.8 Å². The Kier molecular flexibility index (Phi) is 6.69. The topological polar surface area (TPSA) is 48.4 Å². The Balaban J connectivity index is 2.52. The zero-order valence-electron chi connectivity index (χ0n) is 17.3. The van der Waals surface area contributed by atoms with E-state index in [4.69, 9.17) is 9.47 Å². The number of rotatable bonds is 5. The zero-order chi connectivity index (χ0) is 22.2. The number of pyridine rings is 1. The maximum absolute atomic E-state index is 13.5. The van der Waals surface area contributed by atoms with Gasteiger partial charge >= 0.3 is 12.1 Å². The fourth-order valence-electron chi connectivity index (χ4n) is 2.68. The van der Waals surface area contributed by atoms with Crippen molar-refractivity contribution >= 4 is 32.8 Å². The van der Waals surface area contributed by atoms with Crippen LogP contribution in [-0.2, 0) is 14.3 Å². The largest absolute Gasteiger partial charge is 0.462 e. The predicted octanol–water partition coefficient (Wildman–Crippen LogP) is 6.29. The molecule has 0 saturated heterocycles. The van der Waals surface area contributed by atoms with Gasteiger partial charge in [0.05, 0.1) is 10.9 Å². The Labute approximate surface area is 176 Å². The number of aryl methyl sites for hydroxylation is 1. The maximum atomic E-state index is 13.5. The van der Waals surface area contributed by atoms with Crippen LogP contribution < -0.4 is 0 Å². The van der Waals surface area contributed by atoms with Gasteiger partial charge in [0.1, 0.15) is 12.7 Å². The van der Waals surface area contributed by atoms with Crippen LogP contribution in [0.15, 0.2) is 28.9 Å². The molecular weight excluding hydrogens is 451 g/mol. The molecule has 0 N–H and O–H groups in total. The lowest BCUT2D eigenvalue weighted by Gasteiger charge is -2.34. The van der Waals surface area contributed by atoms with E-state index in [2.05, 4.69) is 20.9 Å². The zero-order valence-corrected chi connectivity index (χ0v) is 18.9. The minimum absolute atomic E-state index is 0.346. The van der Waals surface area contributed by atoms with E-state index in [1.54, 1.807) is 46.0 Å². The van der Waals surface area contributed by atoms with E-state index in [0.29, 0.717) is 21.1 Å². The van der Waals surface area contributed by atoms with E-state index in [0.717, 1.165) is 19.2 Å². The fourth-order valence-corrected chi connectivity index (χ4v) is 3.58. The molecule has 0 aliphatic heterocycles. The molecule has 0 aliphatic carbocycles. The van der Waals surface area contributed by atoms with Gasteiger partial charge in [-0.3, -0.25) is 9.78 Å². The Morgan fingerprint density at radius 1 is 1.21 bits per heavy atom. The number of ether oxygens (including phenoxy) is 2. The van der Waals surface area contributed by atoms with Crippen LogP contribution in [0.2, 0.25) is 0 Å². The highest BCUT2D eigenvalue weighted by Gasteiger charge is 2.50. The SMILES string of the molecule is Cc1cc2ncccc2c(Br)c1C(COC(=O)C(C)(C)C)OC(C)(C)C(F)(F)F. The van der Waals surface area contributed by atoms with E-state index >= 15 is 0 Å². The van der Waals surface area contributed by atoms with Gasteiger partial charge in [0.25, 0.3) is 0 Å². The monoisotopic (exact) mass is 475 g/mol. The molecule has 1 atom stereocenters. The highest BCUT2D eigenvalue weighted by Crippen LogP contribution is 2.41. The van der Waals surface area contributed by atoms with E-state index in [-0.39, 0.29) is 6.61 Å². The summed E-state index contributed by atoms with van der Waals surface area (Å²) in [5.41, 5.74) is -1.37. The number of carbonyl (C=O) groups excluding carboxylic acids is 1. The van der Waals surface area contributed by atoms with Crippen LogP contribution in [0.3, 0.4) is 0 Å². The summed E-state index contributed by atoms with van der Waals surface area (Å²) in [5.74, 6) is -0.521. The second-order valence-corrected chi connectivity index (χ2v) is 9.25. The number of nitrogens with zero attached hydrogens (tertiary/aromatic N) is 1. The quantitative estimate of drug-likeness (QED) is 0.476. The van der Waals surface area contributed by atoms with Gasteiger partial charge in [-0.05, 0) is 75.2 Å². The third-order valence-corrected chi connectivity index (χ3v) is 5.36. The van der Waals surface area contributed by atoms with Crippen LogP contribution in [0.5, 0.6) is 0 Å². The molecule has 8 heteroatoms. The molecule has 1 aromatic carbocycles. The Hall–Kier alpha value is -1.67. The van der Waals surface area contributed by atoms with Crippen molar-refractivity contribution in [3.8, 4) is 0 Å². The van der Waals surface area contributed by atoms with Crippen molar-refractivity contribution in [1.82, 2.24) is 4.98 Å². The van der Waals surface area contributed by atoms with Crippen molar-refractivity contribution in [1.29, 1.82) is 0 Å². The molecule has 2 aromatic rings. The molecule has 1 unspecified atom stereocenters. The van der Waals surface area contributed by atoms with Crippen LogP contribution in [0, 0.1) is 12.3 Å². The first-order valence-electron chi connectivity index (χ1n) is 9.10. The number of hydrogen-bond acceptors (Lipinski definition) is 4. The second-order valence-electron chi connectivity index (χ2n) is 8.45. The maximum Gasteiger partial charge on any atom is 0.416 e. The van der Waals surface area contributed by atoms with Crippen molar-refractivity contribution in [2.45, 2.75) is 59.4 Å². The standard InChI is InChI=1S/C21H25BrF3NO3/c1-12-10-14-13(8-7-9-26-14)17(22)16(12)15(11-28-18(27)19(2,3)4)29-20(5,6)21(23,24)25/h7-10,15H,11H2,1-6H3. The average Bonchev–Trinajstić information content (AvgIpc) is 2.57. The second kappa shape index (κ2) is 8.22. The summed E-state index contributed by atoms with van der Waals surface area (Å²) in [4.78, 5) is 16.5. The Morgan fingerprint density at radius 3 is 2.38 bits per heavy atom. The summed E-state index contributed by atoms with van der Waals surface area (Å²) >= 11 is 3.50. The van der Waals surface area contributed by atoms with Crippen LogP contribution in [0.4, 0.5) is 13.2 Å². The van der Waals surface area contributed by atoms with Gasteiger partial charge in [-0.2, -0.15) is 13.2 Å². The van der Waals surface area contributed by atoms with Crippen LogP contribution in [0.25, 0.3) is 10.9 Å². The molecule has 0 saturated carbocycles. The molecule has 2 rings (SSSR count). The number of hydrogen-bond donors (Lipinski definition) is 0. The van der Waals surface area contributed by atoms with Crippen LogP contribution in [-0.4, -0.2) is 29.3 Å². The third kappa shape index (κ3) is 5.28. The number of alkyl halides is 3. The lowest BCUT2D eigenvalue weighted by molar-refractivity contribution is -0.281. The number of esters is 1. The summed E-state index contributed by atoms with van der Waals surface area (Å²) in [6.45, 7) is 8.35. The highest BCUT2D eigenvalue weighted by atomic mass is 79.9. The molecule has 0 radical (unpaired) electrons. The van der Waals surface area contributed by atoms with E-state index in [1.807, 2.05) is 6.07 Å². The van der Waals surface area contributed by atoms with Crippen molar-refractivity contribution in [2.75, 3.05) is 6.61 Å². The van der Waals surface area contributed by atoms with Gasteiger partial charge in [0.15, 0.2) is 5.60 Å². The first kappa shape index (κ1) is 23.6. The van der Waals surface area contributed by atoms with Gasteiger partial charge in [-0.1, -0.05) is 6.07 Å². The molecular formula is C21H25BrF3NO3. The number of aromatic nitrogens is 1. The number of fused-ring (bicyclic) bond motifs is 1. The molecule has 4 nitrogen and oxygen atoms in total. The smallest absolute Gasteiger partial charge is 0.416 e. The van der Waals surface area contributed by atoms with Gasteiger partial charge in [-0.25, -0.2) is 0 Å². The Morgan fingerprint density at radius 2 is 1.83 bits per heavy atom. The first-order chi connectivity index (χ1) is 13.1. The van der Waals surface area contributed by atoms with Gasteiger partial charge < -0.3 is 9.47 Å². The number of halogens is 4. The summed E-state index contributed by atoms with van der Waals surface area (Å²) < 4.78 is 51.9. The summed E-state index contributed by atoms with van der Waals surface area (Å²) in [7, 11) is 0. The van der Waals surface area contributed by atoms with Crippen LogP contribution >= 0.6 is 15.9 Å². The highest BCUT2D eigenvalue weighted by molar-refractivity contribution is 9.10. The predicted molar refractivity (Wildman–Crippen MR) is 109 cm³/mol. The lowest BCUT2D eigenvalue weighted by atomic mass is 9.97. The molecule has 160 valence electrons. The molecule has 0 fully saturated rings. The molecule has 0 bridgehead atoms. The fraction of sp³-hybridized carbons (Fsp3) is 0.524. The first-order valence-corrected chi connectivity index (χ1v) is 9.90. The van der Waals surface area contributed by atoms with E-state index in [9.17, 15) is 18.0 Å². The van der Waals surface area contributed by atoms with Gasteiger partial charge in [0.2, 0.25) is 0 Å². The number of benzene rings is 1. The minimum Gasteiger partial charge on any atom is -0.462 e. The lowest BCUT2D eigenvalue weighted by Crippen LogP contribution is -2.43.